The third-order valence-corrected chi connectivity index (χ3v) is 5.57. The molecule has 0 spiro atoms. The van der Waals surface area contributed by atoms with E-state index in [0.29, 0.717) is 21.5 Å². The van der Waals surface area contributed by atoms with E-state index >= 15 is 0 Å². The van der Waals surface area contributed by atoms with Crippen molar-refractivity contribution in [2.24, 2.45) is 0 Å². The van der Waals surface area contributed by atoms with Crippen molar-refractivity contribution in [1.82, 2.24) is 9.55 Å². The summed E-state index contributed by atoms with van der Waals surface area (Å²) in [7, 11) is 0. The number of fused-ring (bicyclic) bond motifs is 1. The fourth-order valence-corrected chi connectivity index (χ4v) is 3.98. The van der Waals surface area contributed by atoms with Gasteiger partial charge in [0.15, 0.2) is 0 Å². The summed E-state index contributed by atoms with van der Waals surface area (Å²) in [5.74, 6) is -0.674. The van der Waals surface area contributed by atoms with Crippen LogP contribution in [0.25, 0.3) is 21.3 Å². The number of aromatic nitrogens is 2. The van der Waals surface area contributed by atoms with Gasteiger partial charge in [0, 0.05) is 21.1 Å². The number of rotatable bonds is 4. The number of thiophene rings is 1. The zero-order valence-electron chi connectivity index (χ0n) is 14.4. The molecule has 8 heteroatoms. The second kappa shape index (κ2) is 7.65. The van der Waals surface area contributed by atoms with Gasteiger partial charge in [0.2, 0.25) is 5.91 Å². The number of nitrogens with zero attached hydrogens (tertiary/aromatic N) is 2. The van der Waals surface area contributed by atoms with Crippen LogP contribution in [-0.4, -0.2) is 15.5 Å². The number of amides is 1. The summed E-state index contributed by atoms with van der Waals surface area (Å²) in [6, 6.07) is 13.1. The van der Waals surface area contributed by atoms with Crippen molar-refractivity contribution < 1.29 is 9.18 Å². The predicted molar refractivity (Wildman–Crippen MR) is 112 cm³/mol. The van der Waals surface area contributed by atoms with E-state index in [2.05, 4.69) is 26.2 Å². The average molecular weight is 458 g/mol. The number of carbonyl (C=O) groups is 1. The molecule has 2 heterocycles. The molecular weight excluding hydrogens is 445 g/mol. The van der Waals surface area contributed by atoms with Crippen LogP contribution in [-0.2, 0) is 11.3 Å². The minimum absolute atomic E-state index is 0.156. The average Bonchev–Trinajstić information content (AvgIpc) is 3.11. The van der Waals surface area contributed by atoms with Gasteiger partial charge >= 0.3 is 0 Å². The van der Waals surface area contributed by atoms with Crippen molar-refractivity contribution in [1.29, 1.82) is 0 Å². The highest BCUT2D eigenvalue weighted by Gasteiger charge is 2.15. The van der Waals surface area contributed by atoms with Gasteiger partial charge < -0.3 is 5.32 Å². The summed E-state index contributed by atoms with van der Waals surface area (Å²) in [5, 5.41) is 5.00. The largest absolute Gasteiger partial charge is 0.325 e. The first-order chi connectivity index (χ1) is 13.5. The Balaban J connectivity index is 1.64. The third kappa shape index (κ3) is 3.74. The van der Waals surface area contributed by atoms with Gasteiger partial charge in [-0.3, -0.25) is 14.2 Å². The molecule has 4 aromatic rings. The Morgan fingerprint density at radius 2 is 1.86 bits per heavy atom. The summed E-state index contributed by atoms with van der Waals surface area (Å²) < 4.78 is 15.4. The highest BCUT2D eigenvalue weighted by molar-refractivity contribution is 9.10. The zero-order chi connectivity index (χ0) is 19.7. The molecule has 2 aromatic heterocycles. The molecule has 0 aliphatic carbocycles. The number of anilines is 1. The van der Waals surface area contributed by atoms with Crippen molar-refractivity contribution >= 4 is 49.1 Å². The highest BCUT2D eigenvalue weighted by atomic mass is 79.9. The van der Waals surface area contributed by atoms with Crippen LogP contribution in [0.2, 0.25) is 0 Å². The number of benzene rings is 2. The lowest BCUT2D eigenvalue weighted by molar-refractivity contribution is -0.116. The lowest BCUT2D eigenvalue weighted by Crippen LogP contribution is -2.27. The smallest absolute Gasteiger partial charge is 0.263 e. The SMILES string of the molecule is O=C(Cn1cnc2scc(-c3ccc(F)cc3)c2c1=O)Nc1ccc(Br)cc1. The van der Waals surface area contributed by atoms with E-state index in [1.807, 2.05) is 17.5 Å². The standard InChI is InChI=1S/C20H13BrFN3O2S/c21-13-3-7-15(8-4-13)24-17(26)9-25-11-23-19-18(20(25)27)16(10-28-19)12-1-5-14(22)6-2-12/h1-8,10-11H,9H2,(H,24,26). The number of hydrogen-bond donors (Lipinski definition) is 1. The Bertz CT molecular complexity index is 1220. The van der Waals surface area contributed by atoms with E-state index in [1.165, 1.54) is 34.4 Å². The fraction of sp³-hybridized carbons (Fsp3) is 0.0500. The fourth-order valence-electron chi connectivity index (χ4n) is 2.81. The van der Waals surface area contributed by atoms with Gasteiger partial charge in [-0.25, -0.2) is 9.37 Å². The first kappa shape index (κ1) is 18.5. The van der Waals surface area contributed by atoms with E-state index in [9.17, 15) is 14.0 Å². The molecule has 0 aliphatic rings. The summed E-state index contributed by atoms with van der Waals surface area (Å²) in [4.78, 5) is 30.2. The first-order valence-electron chi connectivity index (χ1n) is 8.29. The second-order valence-electron chi connectivity index (χ2n) is 6.07. The van der Waals surface area contributed by atoms with Crippen LogP contribution in [0.15, 0.2) is 69.5 Å². The molecule has 0 bridgehead atoms. The first-order valence-corrected chi connectivity index (χ1v) is 9.96. The van der Waals surface area contributed by atoms with Crippen molar-refractivity contribution in [3.05, 3.63) is 80.9 Å². The van der Waals surface area contributed by atoms with Crippen LogP contribution in [0.5, 0.6) is 0 Å². The van der Waals surface area contributed by atoms with Crippen LogP contribution >= 0.6 is 27.3 Å². The third-order valence-electron chi connectivity index (χ3n) is 4.16. The molecule has 140 valence electrons. The highest BCUT2D eigenvalue weighted by Crippen LogP contribution is 2.30. The molecular formula is C20H13BrFN3O2S. The Labute approximate surface area is 171 Å². The molecule has 2 aromatic carbocycles. The molecule has 0 atom stereocenters. The number of nitrogens with one attached hydrogen (secondary N) is 1. The minimum Gasteiger partial charge on any atom is -0.325 e. The number of carbonyl (C=O) groups excluding carboxylic acids is 1. The van der Waals surface area contributed by atoms with Crippen LogP contribution in [0.4, 0.5) is 10.1 Å². The predicted octanol–water partition coefficient (Wildman–Crippen LogP) is 4.67. The molecule has 0 unspecified atom stereocenters. The van der Waals surface area contributed by atoms with Crippen LogP contribution in [0, 0.1) is 5.82 Å². The Morgan fingerprint density at radius 3 is 2.57 bits per heavy atom. The molecule has 0 aliphatic heterocycles. The molecule has 0 saturated heterocycles. The molecule has 28 heavy (non-hydrogen) atoms. The van der Waals surface area contributed by atoms with Gasteiger partial charge in [-0.15, -0.1) is 11.3 Å². The van der Waals surface area contributed by atoms with Crippen molar-refractivity contribution in [3.63, 3.8) is 0 Å². The van der Waals surface area contributed by atoms with Gasteiger partial charge in [-0.1, -0.05) is 28.1 Å². The second-order valence-corrected chi connectivity index (χ2v) is 7.84. The van der Waals surface area contributed by atoms with E-state index in [4.69, 9.17) is 0 Å². The van der Waals surface area contributed by atoms with Crippen LogP contribution in [0.1, 0.15) is 0 Å². The van der Waals surface area contributed by atoms with Gasteiger partial charge in [-0.05, 0) is 42.0 Å². The van der Waals surface area contributed by atoms with E-state index < -0.39 is 0 Å². The maximum absolute atomic E-state index is 13.2. The lowest BCUT2D eigenvalue weighted by atomic mass is 10.1. The number of hydrogen-bond acceptors (Lipinski definition) is 4. The van der Waals surface area contributed by atoms with Crippen molar-refractivity contribution in [3.8, 4) is 11.1 Å². The molecule has 4 rings (SSSR count). The van der Waals surface area contributed by atoms with Crippen molar-refractivity contribution in [2.45, 2.75) is 6.54 Å². The molecule has 0 radical (unpaired) electrons. The van der Waals surface area contributed by atoms with E-state index in [0.717, 1.165) is 10.0 Å². The summed E-state index contributed by atoms with van der Waals surface area (Å²) in [6.07, 6.45) is 1.37. The van der Waals surface area contributed by atoms with Gasteiger partial charge in [0.25, 0.3) is 5.56 Å². The minimum atomic E-state index is -0.344. The Hall–Kier alpha value is -2.84. The molecule has 0 saturated carbocycles. The lowest BCUT2D eigenvalue weighted by Gasteiger charge is -2.08. The zero-order valence-corrected chi connectivity index (χ0v) is 16.8. The Kier molecular flexibility index (Phi) is 5.06. The molecule has 0 fully saturated rings. The summed E-state index contributed by atoms with van der Waals surface area (Å²) >= 11 is 4.67. The van der Waals surface area contributed by atoms with Crippen LogP contribution in [0.3, 0.4) is 0 Å². The maximum atomic E-state index is 13.2. The summed E-state index contributed by atoms with van der Waals surface area (Å²) in [5.41, 5.74) is 1.73. The number of halogens is 2. The van der Waals surface area contributed by atoms with Crippen molar-refractivity contribution in [2.75, 3.05) is 5.32 Å². The monoisotopic (exact) mass is 457 g/mol. The van der Waals surface area contributed by atoms with Crippen LogP contribution < -0.4 is 10.9 Å². The van der Waals surface area contributed by atoms with Gasteiger partial charge in [0.1, 0.15) is 17.2 Å². The molecule has 5 nitrogen and oxygen atoms in total. The molecule has 1 amide bonds. The van der Waals surface area contributed by atoms with Gasteiger partial charge in [0.05, 0.1) is 11.7 Å². The Morgan fingerprint density at radius 1 is 1.14 bits per heavy atom. The van der Waals surface area contributed by atoms with E-state index in [1.54, 1.807) is 24.3 Å². The topological polar surface area (TPSA) is 64.0 Å². The summed E-state index contributed by atoms with van der Waals surface area (Å²) in [6.45, 7) is -0.156. The van der Waals surface area contributed by atoms with E-state index in [-0.39, 0.29) is 23.8 Å². The maximum Gasteiger partial charge on any atom is 0.263 e. The molecule has 1 N–H and O–H groups in total. The normalized spacial score (nSPS) is 10.9. The van der Waals surface area contributed by atoms with Gasteiger partial charge in [-0.2, -0.15) is 0 Å². The quantitative estimate of drug-likeness (QED) is 0.484.